The van der Waals surface area contributed by atoms with Gasteiger partial charge in [0, 0.05) is 5.69 Å². The number of urea groups is 1. The van der Waals surface area contributed by atoms with Crippen molar-refractivity contribution in [3.63, 3.8) is 0 Å². The summed E-state index contributed by atoms with van der Waals surface area (Å²) >= 11 is 0. The van der Waals surface area contributed by atoms with Gasteiger partial charge < -0.3 is 14.8 Å². The lowest BCUT2D eigenvalue weighted by atomic mass is 10.1. The molecule has 2 aromatic rings. The monoisotopic (exact) mass is 383 g/mol. The molecule has 0 saturated heterocycles. The van der Waals surface area contributed by atoms with Crippen LogP contribution in [0.1, 0.15) is 30.5 Å². The first kappa shape index (κ1) is 21.0. The number of hydrogen-bond donors (Lipinski definition) is 2. The first-order chi connectivity index (χ1) is 13.3. The molecule has 0 heterocycles. The summed E-state index contributed by atoms with van der Waals surface area (Å²) in [4.78, 5) is 23.3. The van der Waals surface area contributed by atoms with Crippen molar-refractivity contribution >= 4 is 23.9 Å². The fraction of sp³-hybridized carbons (Fsp3) is 0.286. The summed E-state index contributed by atoms with van der Waals surface area (Å²) < 4.78 is 10.3. The Hall–Kier alpha value is -3.35. The summed E-state index contributed by atoms with van der Waals surface area (Å²) in [5.74, 6) is 0.123. The topological polar surface area (TPSA) is 89.0 Å². The molecule has 0 saturated carbocycles. The second-order valence-corrected chi connectivity index (χ2v) is 6.52. The molecule has 0 unspecified atom stereocenters. The minimum absolute atomic E-state index is 0.147. The van der Waals surface area contributed by atoms with Crippen LogP contribution in [0.3, 0.4) is 0 Å². The Labute approximate surface area is 164 Å². The van der Waals surface area contributed by atoms with Gasteiger partial charge in [-0.1, -0.05) is 6.07 Å². The SMILES string of the molecule is Cc1ccc(NC(=O)N/N=C/c2ccc(OCC(=O)OC(C)C)cc2)cc1C. The van der Waals surface area contributed by atoms with Gasteiger partial charge in [-0.15, -0.1) is 0 Å². The molecule has 28 heavy (non-hydrogen) atoms. The largest absolute Gasteiger partial charge is 0.482 e. The number of carbonyl (C=O) groups is 2. The summed E-state index contributed by atoms with van der Waals surface area (Å²) in [5, 5.41) is 6.63. The highest BCUT2D eigenvalue weighted by Gasteiger charge is 2.06. The number of amides is 2. The zero-order chi connectivity index (χ0) is 20.5. The number of aryl methyl sites for hydroxylation is 2. The summed E-state index contributed by atoms with van der Waals surface area (Å²) in [6.07, 6.45) is 1.34. The van der Waals surface area contributed by atoms with Crippen LogP contribution >= 0.6 is 0 Å². The average molecular weight is 383 g/mol. The van der Waals surface area contributed by atoms with Crippen molar-refractivity contribution in [3.05, 3.63) is 59.2 Å². The molecule has 0 aliphatic heterocycles. The molecule has 0 aliphatic carbocycles. The zero-order valence-corrected chi connectivity index (χ0v) is 16.5. The second kappa shape index (κ2) is 10.1. The van der Waals surface area contributed by atoms with Gasteiger partial charge in [0.05, 0.1) is 12.3 Å². The Morgan fingerprint density at radius 2 is 1.79 bits per heavy atom. The van der Waals surface area contributed by atoms with Gasteiger partial charge in [-0.05, 0) is 80.8 Å². The van der Waals surface area contributed by atoms with Gasteiger partial charge in [0.1, 0.15) is 5.75 Å². The standard InChI is InChI=1S/C21H25N3O4/c1-14(2)28-20(25)13-27-19-9-6-17(7-10-19)12-22-24-21(26)23-18-8-5-15(3)16(4)11-18/h5-12,14H,13H2,1-4H3,(H2,23,24,26)/b22-12+. The van der Waals surface area contributed by atoms with E-state index in [1.54, 1.807) is 38.1 Å². The third-order valence-electron chi connectivity index (χ3n) is 3.75. The maximum Gasteiger partial charge on any atom is 0.344 e. The molecule has 0 atom stereocenters. The van der Waals surface area contributed by atoms with Crippen LogP contribution in [-0.4, -0.2) is 30.9 Å². The molecule has 0 radical (unpaired) electrons. The highest BCUT2D eigenvalue weighted by molar-refractivity contribution is 5.90. The van der Waals surface area contributed by atoms with Gasteiger partial charge in [0.25, 0.3) is 0 Å². The van der Waals surface area contributed by atoms with E-state index < -0.39 is 12.0 Å². The number of benzene rings is 2. The summed E-state index contributed by atoms with van der Waals surface area (Å²) in [6, 6.07) is 12.2. The number of esters is 1. The molecule has 0 fully saturated rings. The summed E-state index contributed by atoms with van der Waals surface area (Å²) in [6.45, 7) is 7.41. The van der Waals surface area contributed by atoms with E-state index in [2.05, 4.69) is 15.8 Å². The van der Waals surface area contributed by atoms with Crippen molar-refractivity contribution < 1.29 is 19.1 Å². The molecule has 0 aliphatic rings. The van der Waals surface area contributed by atoms with Crippen molar-refractivity contribution in [3.8, 4) is 5.75 Å². The van der Waals surface area contributed by atoms with Gasteiger partial charge in [0.2, 0.25) is 0 Å². The molecule has 0 aromatic heterocycles. The van der Waals surface area contributed by atoms with Crippen LogP contribution in [0.25, 0.3) is 0 Å². The molecular weight excluding hydrogens is 358 g/mol. The van der Waals surface area contributed by atoms with Crippen LogP contribution < -0.4 is 15.5 Å². The van der Waals surface area contributed by atoms with E-state index in [9.17, 15) is 9.59 Å². The Kier molecular flexibility index (Phi) is 7.56. The molecule has 2 N–H and O–H groups in total. The number of nitrogens with zero attached hydrogens (tertiary/aromatic N) is 1. The minimum Gasteiger partial charge on any atom is -0.482 e. The molecule has 0 bridgehead atoms. The second-order valence-electron chi connectivity index (χ2n) is 6.52. The molecular formula is C21H25N3O4. The van der Waals surface area contributed by atoms with Gasteiger partial charge in [0.15, 0.2) is 6.61 Å². The lowest BCUT2D eigenvalue weighted by Crippen LogP contribution is -2.24. The Morgan fingerprint density at radius 3 is 2.43 bits per heavy atom. The summed E-state index contributed by atoms with van der Waals surface area (Å²) in [5.41, 5.74) is 6.14. The summed E-state index contributed by atoms with van der Waals surface area (Å²) in [7, 11) is 0. The highest BCUT2D eigenvalue weighted by Crippen LogP contribution is 2.14. The van der Waals surface area contributed by atoms with Crippen LogP contribution in [0, 0.1) is 13.8 Å². The highest BCUT2D eigenvalue weighted by atomic mass is 16.6. The fourth-order valence-corrected chi connectivity index (χ4v) is 2.23. The normalized spacial score (nSPS) is 10.8. The van der Waals surface area contributed by atoms with E-state index in [0.29, 0.717) is 11.4 Å². The van der Waals surface area contributed by atoms with Crippen LogP contribution in [-0.2, 0) is 9.53 Å². The van der Waals surface area contributed by atoms with E-state index in [0.717, 1.165) is 16.7 Å². The smallest absolute Gasteiger partial charge is 0.344 e. The Morgan fingerprint density at radius 1 is 1.07 bits per heavy atom. The fourth-order valence-electron chi connectivity index (χ4n) is 2.23. The van der Waals surface area contributed by atoms with E-state index in [4.69, 9.17) is 9.47 Å². The van der Waals surface area contributed by atoms with Crippen molar-refractivity contribution in [1.29, 1.82) is 0 Å². The first-order valence-corrected chi connectivity index (χ1v) is 8.93. The van der Waals surface area contributed by atoms with Crippen molar-refractivity contribution in [1.82, 2.24) is 5.43 Å². The molecule has 2 amide bonds. The van der Waals surface area contributed by atoms with E-state index in [1.807, 2.05) is 32.0 Å². The Balaban J connectivity index is 1.79. The lowest BCUT2D eigenvalue weighted by molar-refractivity contribution is -0.149. The third kappa shape index (κ3) is 7.11. The number of hydrogen-bond acceptors (Lipinski definition) is 5. The number of rotatable bonds is 7. The van der Waals surface area contributed by atoms with Gasteiger partial charge in [-0.2, -0.15) is 5.10 Å². The van der Waals surface area contributed by atoms with Crippen LogP contribution in [0.4, 0.5) is 10.5 Å². The minimum atomic E-state index is -0.428. The van der Waals surface area contributed by atoms with Crippen molar-refractivity contribution in [2.24, 2.45) is 5.10 Å². The molecule has 7 heteroatoms. The molecule has 2 aromatic carbocycles. The first-order valence-electron chi connectivity index (χ1n) is 8.93. The molecule has 0 spiro atoms. The van der Waals surface area contributed by atoms with Gasteiger partial charge in [-0.25, -0.2) is 15.0 Å². The number of nitrogens with one attached hydrogen (secondary N) is 2. The zero-order valence-electron chi connectivity index (χ0n) is 16.5. The van der Waals surface area contributed by atoms with Crippen LogP contribution in [0.15, 0.2) is 47.6 Å². The Bertz CT molecular complexity index is 845. The number of carbonyl (C=O) groups excluding carboxylic acids is 2. The number of anilines is 1. The third-order valence-corrected chi connectivity index (χ3v) is 3.75. The van der Waals surface area contributed by atoms with Crippen LogP contribution in [0.5, 0.6) is 5.75 Å². The van der Waals surface area contributed by atoms with Gasteiger partial charge in [-0.3, -0.25) is 0 Å². The van der Waals surface area contributed by atoms with E-state index in [1.165, 1.54) is 6.21 Å². The molecule has 148 valence electrons. The predicted octanol–water partition coefficient (Wildman–Crippen LogP) is 3.79. The van der Waals surface area contributed by atoms with Gasteiger partial charge >= 0.3 is 12.0 Å². The van der Waals surface area contributed by atoms with Crippen LogP contribution in [0.2, 0.25) is 0 Å². The predicted molar refractivity (Wildman–Crippen MR) is 109 cm³/mol. The maximum atomic E-state index is 11.9. The quantitative estimate of drug-likeness (QED) is 0.432. The van der Waals surface area contributed by atoms with E-state index >= 15 is 0 Å². The average Bonchev–Trinajstić information content (AvgIpc) is 2.63. The van der Waals surface area contributed by atoms with E-state index in [-0.39, 0.29) is 12.7 Å². The van der Waals surface area contributed by atoms with Crippen molar-refractivity contribution in [2.75, 3.05) is 11.9 Å². The number of ether oxygens (including phenoxy) is 2. The molecule has 7 nitrogen and oxygen atoms in total. The van der Waals surface area contributed by atoms with Crippen molar-refractivity contribution in [2.45, 2.75) is 33.8 Å². The number of hydrazone groups is 1. The molecule has 2 rings (SSSR count). The maximum absolute atomic E-state index is 11.9. The lowest BCUT2D eigenvalue weighted by Gasteiger charge is -2.09.